The minimum absolute atomic E-state index is 0.0418. The molecular formula is C19H18ClN3O3S. The van der Waals surface area contributed by atoms with E-state index in [1.54, 1.807) is 36.4 Å². The van der Waals surface area contributed by atoms with Crippen molar-refractivity contribution in [3.63, 3.8) is 0 Å². The van der Waals surface area contributed by atoms with Crippen LogP contribution in [0.5, 0.6) is 5.75 Å². The predicted molar refractivity (Wildman–Crippen MR) is 103 cm³/mol. The van der Waals surface area contributed by atoms with Crippen molar-refractivity contribution < 1.29 is 13.5 Å². The fourth-order valence-corrected chi connectivity index (χ4v) is 3.66. The molecule has 140 valence electrons. The molecule has 0 saturated heterocycles. The summed E-state index contributed by atoms with van der Waals surface area (Å²) in [7, 11) is -2.10. The molecule has 27 heavy (non-hydrogen) atoms. The quantitative estimate of drug-likeness (QED) is 0.660. The lowest BCUT2D eigenvalue weighted by Crippen LogP contribution is -2.18. The van der Waals surface area contributed by atoms with Gasteiger partial charge in [-0.1, -0.05) is 29.8 Å². The molecule has 2 aromatic carbocycles. The monoisotopic (exact) mass is 403 g/mol. The predicted octanol–water partition coefficient (Wildman–Crippen LogP) is 2.93. The van der Waals surface area contributed by atoms with Gasteiger partial charge in [0.1, 0.15) is 12.1 Å². The van der Waals surface area contributed by atoms with E-state index in [4.69, 9.17) is 11.6 Å². The first kappa shape index (κ1) is 19.3. The Morgan fingerprint density at radius 2 is 1.67 bits per heavy atom. The van der Waals surface area contributed by atoms with Crippen molar-refractivity contribution in [2.24, 2.45) is 0 Å². The molecule has 0 amide bonds. The van der Waals surface area contributed by atoms with Crippen LogP contribution in [0.1, 0.15) is 22.5 Å². The van der Waals surface area contributed by atoms with E-state index in [1.165, 1.54) is 13.4 Å². The number of benzene rings is 2. The van der Waals surface area contributed by atoms with Crippen molar-refractivity contribution in [1.29, 1.82) is 0 Å². The highest BCUT2D eigenvalue weighted by molar-refractivity contribution is 7.89. The van der Waals surface area contributed by atoms with Gasteiger partial charge in [0.2, 0.25) is 10.0 Å². The Labute approximate surface area is 162 Å². The Hall–Kier alpha value is -2.48. The van der Waals surface area contributed by atoms with Gasteiger partial charge in [-0.05, 0) is 48.5 Å². The molecule has 0 spiro atoms. The number of phenols is 1. The minimum atomic E-state index is -3.49. The van der Waals surface area contributed by atoms with Crippen LogP contribution in [-0.2, 0) is 22.9 Å². The molecule has 3 rings (SSSR count). The first-order chi connectivity index (χ1) is 12.9. The van der Waals surface area contributed by atoms with Crippen LogP contribution < -0.4 is 4.72 Å². The molecule has 6 nitrogen and oxygen atoms in total. The Morgan fingerprint density at radius 1 is 1.00 bits per heavy atom. The van der Waals surface area contributed by atoms with Gasteiger partial charge in [0.05, 0.1) is 9.92 Å². The highest BCUT2D eigenvalue weighted by Gasteiger charge is 2.12. The maximum Gasteiger partial charge on any atom is 0.240 e. The second-order valence-corrected chi connectivity index (χ2v) is 8.29. The third kappa shape index (κ3) is 4.82. The number of rotatable bonds is 6. The number of aromatic nitrogens is 2. The number of hydrogen-bond acceptors (Lipinski definition) is 5. The molecule has 0 aliphatic heterocycles. The summed E-state index contributed by atoms with van der Waals surface area (Å²) in [6.45, 7) is 0. The molecule has 0 unspecified atom stereocenters. The molecule has 0 bridgehead atoms. The summed E-state index contributed by atoms with van der Waals surface area (Å²) >= 11 is 5.95. The fourth-order valence-electron chi connectivity index (χ4n) is 2.66. The van der Waals surface area contributed by atoms with Crippen LogP contribution in [0.25, 0.3) is 0 Å². The first-order valence-corrected chi connectivity index (χ1v) is 10.0. The maximum atomic E-state index is 11.9. The van der Waals surface area contributed by atoms with Crippen LogP contribution in [0.2, 0.25) is 5.02 Å². The molecule has 0 aliphatic carbocycles. The number of phenolic OH excluding ortho intramolecular Hbond substituents is 1. The van der Waals surface area contributed by atoms with Gasteiger partial charge >= 0.3 is 0 Å². The average Bonchev–Trinajstić information content (AvgIpc) is 2.65. The van der Waals surface area contributed by atoms with Crippen molar-refractivity contribution in [1.82, 2.24) is 14.7 Å². The average molecular weight is 404 g/mol. The van der Waals surface area contributed by atoms with Gasteiger partial charge in [0.15, 0.2) is 0 Å². The number of halogens is 1. The third-order valence-electron chi connectivity index (χ3n) is 4.04. The molecular weight excluding hydrogens is 386 g/mol. The first-order valence-electron chi connectivity index (χ1n) is 8.17. The number of nitrogens with one attached hydrogen (secondary N) is 1. The molecule has 0 saturated carbocycles. The van der Waals surface area contributed by atoms with Gasteiger partial charge in [-0.15, -0.1) is 0 Å². The lowest BCUT2D eigenvalue weighted by Gasteiger charge is -2.07. The normalized spacial score (nSPS) is 11.5. The molecule has 3 aromatic rings. The number of sulfonamides is 1. The summed E-state index contributed by atoms with van der Waals surface area (Å²) in [6.07, 6.45) is 2.52. The van der Waals surface area contributed by atoms with Crippen LogP contribution in [0.3, 0.4) is 0 Å². The van der Waals surface area contributed by atoms with E-state index in [1.807, 2.05) is 12.1 Å². The van der Waals surface area contributed by atoms with Crippen molar-refractivity contribution in [2.45, 2.75) is 17.7 Å². The van der Waals surface area contributed by atoms with Crippen LogP contribution in [-0.4, -0.2) is 30.5 Å². The zero-order valence-electron chi connectivity index (χ0n) is 14.6. The van der Waals surface area contributed by atoms with Gasteiger partial charge in [-0.25, -0.2) is 23.1 Å². The van der Waals surface area contributed by atoms with E-state index in [9.17, 15) is 13.5 Å². The van der Waals surface area contributed by atoms with E-state index >= 15 is 0 Å². The van der Waals surface area contributed by atoms with Gasteiger partial charge < -0.3 is 5.11 Å². The summed E-state index contributed by atoms with van der Waals surface area (Å²) in [5.41, 5.74) is 3.35. The van der Waals surface area contributed by atoms with Crippen molar-refractivity contribution in [2.75, 3.05) is 7.05 Å². The van der Waals surface area contributed by atoms with E-state index in [2.05, 4.69) is 14.7 Å². The number of aromatic hydroxyl groups is 1. The third-order valence-corrected chi connectivity index (χ3v) is 5.76. The molecule has 1 aromatic heterocycles. The molecule has 0 radical (unpaired) electrons. The Morgan fingerprint density at radius 3 is 2.30 bits per heavy atom. The molecule has 2 N–H and O–H groups in total. The molecule has 0 aliphatic rings. The number of hydrogen-bond donors (Lipinski definition) is 2. The molecule has 0 fully saturated rings. The lowest BCUT2D eigenvalue weighted by atomic mass is 10.1. The zero-order chi connectivity index (χ0) is 19.4. The Balaban J connectivity index is 1.80. The van der Waals surface area contributed by atoms with Crippen molar-refractivity contribution >= 4 is 21.6 Å². The Bertz CT molecular complexity index is 1070. The van der Waals surface area contributed by atoms with Crippen molar-refractivity contribution in [3.8, 4) is 5.75 Å². The van der Waals surface area contributed by atoms with Gasteiger partial charge in [-0.3, -0.25) is 0 Å². The second-order valence-electron chi connectivity index (χ2n) is 5.99. The molecule has 0 atom stereocenters. The highest BCUT2D eigenvalue weighted by atomic mass is 35.5. The van der Waals surface area contributed by atoms with E-state index in [0.717, 1.165) is 22.5 Å². The Kier molecular flexibility index (Phi) is 5.74. The van der Waals surface area contributed by atoms with Crippen molar-refractivity contribution in [3.05, 3.63) is 82.4 Å². The zero-order valence-corrected chi connectivity index (χ0v) is 16.1. The summed E-state index contributed by atoms with van der Waals surface area (Å²) in [6, 6.07) is 13.7. The van der Waals surface area contributed by atoms with Gasteiger partial charge in [0.25, 0.3) is 0 Å². The van der Waals surface area contributed by atoms with Gasteiger partial charge in [-0.2, -0.15) is 0 Å². The highest BCUT2D eigenvalue weighted by Crippen LogP contribution is 2.24. The summed E-state index contributed by atoms with van der Waals surface area (Å²) in [4.78, 5) is 8.77. The standard InChI is InChI=1S/C19H18ClN3O3S/c1-21-27(25,26)17-4-2-3-13(9-17)7-15-11-16(23-12-22-15)8-14-5-6-19(24)18(20)10-14/h2-6,9-12,21,24H,7-8H2,1H3. The fraction of sp³-hybridized carbons (Fsp3) is 0.158. The van der Waals surface area contributed by atoms with E-state index in [0.29, 0.717) is 17.9 Å². The summed E-state index contributed by atoms with van der Waals surface area (Å²) in [5, 5.41) is 9.81. The van der Waals surface area contributed by atoms with Crippen LogP contribution >= 0.6 is 11.6 Å². The van der Waals surface area contributed by atoms with Crippen LogP contribution in [0.15, 0.2) is 59.8 Å². The second kappa shape index (κ2) is 8.04. The van der Waals surface area contributed by atoms with Crippen LogP contribution in [0.4, 0.5) is 0 Å². The molecule has 8 heteroatoms. The lowest BCUT2D eigenvalue weighted by molar-refractivity contribution is 0.475. The van der Waals surface area contributed by atoms with E-state index in [-0.39, 0.29) is 10.6 Å². The summed E-state index contributed by atoms with van der Waals surface area (Å²) < 4.78 is 26.2. The topological polar surface area (TPSA) is 92.2 Å². The summed E-state index contributed by atoms with van der Waals surface area (Å²) in [5.74, 6) is 0.0418. The number of nitrogens with zero attached hydrogens (tertiary/aromatic N) is 2. The molecule has 1 heterocycles. The minimum Gasteiger partial charge on any atom is -0.506 e. The maximum absolute atomic E-state index is 11.9. The smallest absolute Gasteiger partial charge is 0.240 e. The van der Waals surface area contributed by atoms with Gasteiger partial charge in [0, 0.05) is 24.2 Å². The SMILES string of the molecule is CNS(=O)(=O)c1cccc(Cc2cc(Cc3ccc(O)c(Cl)c3)ncn2)c1. The van der Waals surface area contributed by atoms with E-state index < -0.39 is 10.0 Å². The van der Waals surface area contributed by atoms with Crippen LogP contribution in [0, 0.1) is 0 Å². The largest absolute Gasteiger partial charge is 0.506 e.